The van der Waals surface area contributed by atoms with Gasteiger partial charge in [0.1, 0.15) is 5.82 Å². The third kappa shape index (κ3) is 3.94. The summed E-state index contributed by atoms with van der Waals surface area (Å²) in [6.07, 6.45) is 2.44. The van der Waals surface area contributed by atoms with E-state index in [1.54, 1.807) is 18.2 Å². The van der Waals surface area contributed by atoms with Crippen molar-refractivity contribution in [2.45, 2.75) is 19.8 Å². The number of ether oxygens (including phenoxy) is 1. The molecule has 2 N–H and O–H groups in total. The minimum Gasteiger partial charge on any atom is -0.478 e. The molecule has 0 spiro atoms. The highest BCUT2D eigenvalue weighted by Crippen LogP contribution is 2.27. The smallest absolute Gasteiger partial charge is 0.320 e. The van der Waals surface area contributed by atoms with Gasteiger partial charge in [0.2, 0.25) is 5.88 Å². The van der Waals surface area contributed by atoms with Crippen LogP contribution in [0.1, 0.15) is 19.8 Å². The van der Waals surface area contributed by atoms with Crippen LogP contribution in [0, 0.1) is 5.92 Å². The van der Waals surface area contributed by atoms with Gasteiger partial charge < -0.3 is 10.1 Å². The predicted molar refractivity (Wildman–Crippen MR) is 65.2 cm³/mol. The molecule has 0 saturated heterocycles. The maximum atomic E-state index is 11.5. The Hall–Kier alpha value is -1.78. The molecule has 1 aromatic heterocycles. The van der Waals surface area contributed by atoms with Crippen LogP contribution >= 0.6 is 0 Å². The van der Waals surface area contributed by atoms with Crippen molar-refractivity contribution in [3.05, 3.63) is 18.2 Å². The van der Waals surface area contributed by atoms with Gasteiger partial charge in [-0.15, -0.1) is 0 Å². The zero-order valence-corrected chi connectivity index (χ0v) is 9.90. The molecule has 2 rings (SSSR count). The van der Waals surface area contributed by atoms with Crippen molar-refractivity contribution < 1.29 is 9.53 Å². The summed E-state index contributed by atoms with van der Waals surface area (Å²) in [7, 11) is 0. The van der Waals surface area contributed by atoms with E-state index in [0.717, 1.165) is 6.54 Å². The highest BCUT2D eigenvalue weighted by molar-refractivity contribution is 5.88. The van der Waals surface area contributed by atoms with Gasteiger partial charge in [-0.25, -0.2) is 4.79 Å². The number of anilines is 1. The molecule has 5 heteroatoms. The van der Waals surface area contributed by atoms with E-state index in [9.17, 15) is 4.79 Å². The zero-order chi connectivity index (χ0) is 12.1. The van der Waals surface area contributed by atoms with E-state index in [2.05, 4.69) is 15.6 Å². The molecule has 0 atom stereocenters. The first-order valence-electron chi connectivity index (χ1n) is 5.92. The Morgan fingerprint density at radius 2 is 2.35 bits per heavy atom. The summed E-state index contributed by atoms with van der Waals surface area (Å²) >= 11 is 0. The second-order valence-electron chi connectivity index (χ2n) is 4.07. The average molecular weight is 235 g/mol. The average Bonchev–Trinajstić information content (AvgIpc) is 3.11. The SMILES string of the molecule is CCOc1cccc(NC(=O)NCC2CC2)n1. The summed E-state index contributed by atoms with van der Waals surface area (Å²) < 4.78 is 5.25. The molecule has 1 aliphatic rings. The summed E-state index contributed by atoms with van der Waals surface area (Å²) in [5.41, 5.74) is 0. The lowest BCUT2D eigenvalue weighted by molar-refractivity contribution is 0.251. The minimum absolute atomic E-state index is 0.210. The van der Waals surface area contributed by atoms with Gasteiger partial charge in [-0.3, -0.25) is 5.32 Å². The molecule has 1 fully saturated rings. The maximum Gasteiger partial charge on any atom is 0.320 e. The van der Waals surface area contributed by atoms with Crippen LogP contribution in [0.3, 0.4) is 0 Å². The van der Waals surface area contributed by atoms with E-state index in [4.69, 9.17) is 4.74 Å². The zero-order valence-electron chi connectivity index (χ0n) is 9.90. The van der Waals surface area contributed by atoms with Gasteiger partial charge in [0, 0.05) is 12.6 Å². The molecule has 17 heavy (non-hydrogen) atoms. The number of nitrogens with one attached hydrogen (secondary N) is 2. The Morgan fingerprint density at radius 1 is 1.53 bits per heavy atom. The lowest BCUT2D eigenvalue weighted by atomic mass is 10.4. The summed E-state index contributed by atoms with van der Waals surface area (Å²) in [6, 6.07) is 5.09. The Kier molecular flexibility index (Phi) is 3.80. The third-order valence-corrected chi connectivity index (χ3v) is 2.51. The first kappa shape index (κ1) is 11.7. The van der Waals surface area contributed by atoms with E-state index < -0.39 is 0 Å². The summed E-state index contributed by atoms with van der Waals surface area (Å²) in [5, 5.41) is 5.50. The number of carbonyl (C=O) groups excluding carboxylic acids is 1. The van der Waals surface area contributed by atoms with E-state index in [-0.39, 0.29) is 6.03 Å². The van der Waals surface area contributed by atoms with Crippen LogP contribution in [-0.4, -0.2) is 24.2 Å². The summed E-state index contributed by atoms with van der Waals surface area (Å²) in [6.45, 7) is 3.20. The van der Waals surface area contributed by atoms with Gasteiger partial charge in [-0.2, -0.15) is 4.98 Å². The molecule has 0 aliphatic heterocycles. The molecule has 1 aromatic rings. The van der Waals surface area contributed by atoms with Crippen LogP contribution in [0.15, 0.2) is 18.2 Å². The van der Waals surface area contributed by atoms with Crippen molar-refractivity contribution in [1.82, 2.24) is 10.3 Å². The molecule has 5 nitrogen and oxygen atoms in total. The Balaban J connectivity index is 1.83. The number of nitrogens with zero attached hydrogens (tertiary/aromatic N) is 1. The molecule has 1 saturated carbocycles. The Bertz CT molecular complexity index is 391. The molecule has 0 unspecified atom stereocenters. The standard InChI is InChI=1S/C12H17N3O2/c1-2-17-11-5-3-4-10(14-11)15-12(16)13-8-9-6-7-9/h3-5,9H,2,6-8H2,1H3,(H2,13,14,15,16). The number of hydrogen-bond donors (Lipinski definition) is 2. The van der Waals surface area contributed by atoms with Crippen molar-refractivity contribution >= 4 is 11.8 Å². The van der Waals surface area contributed by atoms with E-state index >= 15 is 0 Å². The fraction of sp³-hybridized carbons (Fsp3) is 0.500. The van der Waals surface area contributed by atoms with Crippen molar-refractivity contribution in [3.63, 3.8) is 0 Å². The number of aromatic nitrogens is 1. The molecular weight excluding hydrogens is 218 g/mol. The number of urea groups is 1. The molecule has 0 radical (unpaired) electrons. The van der Waals surface area contributed by atoms with Crippen molar-refractivity contribution in [2.75, 3.05) is 18.5 Å². The van der Waals surface area contributed by atoms with Crippen LogP contribution in [0.25, 0.3) is 0 Å². The van der Waals surface area contributed by atoms with Gasteiger partial charge in [-0.1, -0.05) is 6.07 Å². The summed E-state index contributed by atoms with van der Waals surface area (Å²) in [5.74, 6) is 1.69. The van der Waals surface area contributed by atoms with Crippen LogP contribution < -0.4 is 15.4 Å². The topological polar surface area (TPSA) is 63.2 Å². The fourth-order valence-electron chi connectivity index (χ4n) is 1.43. The van der Waals surface area contributed by atoms with E-state index in [1.165, 1.54) is 12.8 Å². The number of amides is 2. The van der Waals surface area contributed by atoms with Crippen LogP contribution in [0.2, 0.25) is 0 Å². The van der Waals surface area contributed by atoms with Gasteiger partial charge in [0.05, 0.1) is 6.61 Å². The van der Waals surface area contributed by atoms with Gasteiger partial charge in [0.15, 0.2) is 0 Å². The van der Waals surface area contributed by atoms with E-state index in [1.807, 2.05) is 6.92 Å². The van der Waals surface area contributed by atoms with E-state index in [0.29, 0.717) is 24.2 Å². The number of carbonyl (C=O) groups is 1. The monoisotopic (exact) mass is 235 g/mol. The van der Waals surface area contributed by atoms with Crippen LogP contribution in [-0.2, 0) is 0 Å². The Morgan fingerprint density at radius 3 is 3.06 bits per heavy atom. The Labute approximate surface area is 101 Å². The van der Waals surface area contributed by atoms with Crippen LogP contribution in [0.4, 0.5) is 10.6 Å². The molecule has 0 aromatic carbocycles. The lowest BCUT2D eigenvalue weighted by Gasteiger charge is -2.07. The minimum atomic E-state index is -0.210. The molecular formula is C12H17N3O2. The second-order valence-corrected chi connectivity index (χ2v) is 4.07. The number of pyridine rings is 1. The first-order chi connectivity index (χ1) is 8.28. The van der Waals surface area contributed by atoms with Gasteiger partial charge in [-0.05, 0) is 31.7 Å². The second kappa shape index (κ2) is 5.52. The molecule has 0 bridgehead atoms. The third-order valence-electron chi connectivity index (χ3n) is 2.51. The highest BCUT2D eigenvalue weighted by atomic mass is 16.5. The predicted octanol–water partition coefficient (Wildman–Crippen LogP) is 2.01. The molecule has 1 heterocycles. The fourth-order valence-corrected chi connectivity index (χ4v) is 1.43. The van der Waals surface area contributed by atoms with Crippen molar-refractivity contribution in [3.8, 4) is 5.88 Å². The van der Waals surface area contributed by atoms with Crippen molar-refractivity contribution in [1.29, 1.82) is 0 Å². The lowest BCUT2D eigenvalue weighted by Crippen LogP contribution is -2.30. The van der Waals surface area contributed by atoms with Crippen molar-refractivity contribution in [2.24, 2.45) is 5.92 Å². The molecule has 2 amide bonds. The first-order valence-corrected chi connectivity index (χ1v) is 5.92. The number of rotatable bonds is 5. The van der Waals surface area contributed by atoms with Crippen LogP contribution in [0.5, 0.6) is 5.88 Å². The normalized spacial score (nSPS) is 14.2. The number of hydrogen-bond acceptors (Lipinski definition) is 3. The molecule has 1 aliphatic carbocycles. The van der Waals surface area contributed by atoms with Gasteiger partial charge in [0.25, 0.3) is 0 Å². The maximum absolute atomic E-state index is 11.5. The molecule has 92 valence electrons. The summed E-state index contributed by atoms with van der Waals surface area (Å²) in [4.78, 5) is 15.7. The van der Waals surface area contributed by atoms with Gasteiger partial charge >= 0.3 is 6.03 Å². The quantitative estimate of drug-likeness (QED) is 0.820. The highest BCUT2D eigenvalue weighted by Gasteiger charge is 2.21. The largest absolute Gasteiger partial charge is 0.478 e.